The zero-order valence-corrected chi connectivity index (χ0v) is 20.9. The molecule has 1 amide bonds. The van der Waals surface area contributed by atoms with Crippen molar-refractivity contribution in [1.29, 1.82) is 0 Å². The van der Waals surface area contributed by atoms with Crippen molar-refractivity contribution in [2.45, 2.75) is 25.6 Å². The lowest BCUT2D eigenvalue weighted by Crippen LogP contribution is -2.32. The fraction of sp³-hybridized carbons (Fsp3) is 0.321. The van der Waals surface area contributed by atoms with E-state index in [4.69, 9.17) is 14.2 Å². The van der Waals surface area contributed by atoms with Crippen molar-refractivity contribution >= 4 is 23.4 Å². The first-order chi connectivity index (χ1) is 17.1. The lowest BCUT2D eigenvalue weighted by Gasteiger charge is -2.20. The third kappa shape index (κ3) is 6.29. The number of rotatable bonds is 11. The molecule has 1 unspecified atom stereocenters. The molecule has 1 saturated heterocycles. The first-order valence-corrected chi connectivity index (χ1v) is 12.9. The van der Waals surface area contributed by atoms with Gasteiger partial charge in [-0.25, -0.2) is 0 Å². The van der Waals surface area contributed by atoms with E-state index in [0.717, 1.165) is 22.6 Å². The fourth-order valence-electron chi connectivity index (χ4n) is 3.97. The van der Waals surface area contributed by atoms with Gasteiger partial charge in [0.05, 0.1) is 13.2 Å². The van der Waals surface area contributed by atoms with E-state index in [2.05, 4.69) is 19.1 Å². The van der Waals surface area contributed by atoms with Gasteiger partial charge in [-0.2, -0.15) is 11.8 Å². The number of aliphatic hydroxyl groups is 1. The van der Waals surface area contributed by atoms with Crippen LogP contribution in [0, 0.1) is 0 Å². The van der Waals surface area contributed by atoms with E-state index in [0.29, 0.717) is 36.0 Å². The van der Waals surface area contributed by atoms with Crippen LogP contribution in [0.25, 0.3) is 11.1 Å². The molecule has 1 aliphatic rings. The molecule has 0 bridgehead atoms. The van der Waals surface area contributed by atoms with Crippen LogP contribution in [-0.2, 0) is 4.79 Å². The summed E-state index contributed by atoms with van der Waals surface area (Å²) in [4.78, 5) is 14.8. The fourth-order valence-corrected chi connectivity index (χ4v) is 4.58. The van der Waals surface area contributed by atoms with E-state index in [9.17, 15) is 9.90 Å². The van der Waals surface area contributed by atoms with Crippen LogP contribution >= 0.6 is 11.8 Å². The molecule has 35 heavy (non-hydrogen) atoms. The maximum absolute atomic E-state index is 13.1. The monoisotopic (exact) mass is 493 g/mol. The van der Waals surface area contributed by atoms with Gasteiger partial charge >= 0.3 is 0 Å². The Kier molecular flexibility index (Phi) is 8.55. The highest BCUT2D eigenvalue weighted by molar-refractivity contribution is 7.99. The average Bonchev–Trinajstić information content (AvgIpc) is 3.26. The Balaban J connectivity index is 1.38. The van der Waals surface area contributed by atoms with Gasteiger partial charge in [0.15, 0.2) is 17.6 Å². The third-order valence-electron chi connectivity index (χ3n) is 5.80. The summed E-state index contributed by atoms with van der Waals surface area (Å²) in [7, 11) is 1.56. The summed E-state index contributed by atoms with van der Waals surface area (Å²) in [6, 6.07) is 23.3. The molecule has 2 atom stereocenters. The van der Waals surface area contributed by atoms with Crippen LogP contribution in [0.2, 0.25) is 0 Å². The summed E-state index contributed by atoms with van der Waals surface area (Å²) in [6.07, 6.45) is -0.490. The van der Waals surface area contributed by atoms with Gasteiger partial charge in [-0.15, -0.1) is 0 Å². The number of benzene rings is 3. The van der Waals surface area contributed by atoms with Crippen LogP contribution < -0.4 is 19.1 Å². The number of carbonyl (C=O) groups excluding carboxylic acids is 1. The Bertz CT molecular complexity index is 1110. The zero-order chi connectivity index (χ0) is 24.6. The molecule has 1 fully saturated rings. The van der Waals surface area contributed by atoms with E-state index in [-0.39, 0.29) is 12.5 Å². The molecule has 7 heteroatoms. The van der Waals surface area contributed by atoms with Crippen LogP contribution in [-0.4, -0.2) is 55.0 Å². The van der Waals surface area contributed by atoms with Gasteiger partial charge in [-0.05, 0) is 41.1 Å². The van der Waals surface area contributed by atoms with Gasteiger partial charge in [0.25, 0.3) is 5.91 Å². The van der Waals surface area contributed by atoms with E-state index in [1.54, 1.807) is 35.9 Å². The molecule has 0 aromatic heterocycles. The molecule has 4 rings (SSSR count). The molecule has 3 aromatic rings. The van der Waals surface area contributed by atoms with Gasteiger partial charge in [-0.1, -0.05) is 49.4 Å². The standard InChI is InChI=1S/C28H31NO5S/c1-3-35-19-23(30)18-33-25-14-11-22(17-27(25)32-2)29-16-15-26(28(29)31)34-24-12-9-21(10-13-24)20-7-5-4-6-8-20/h4-14,17,23,26,30H,3,15-16,18-19H2,1-2H3/t23-,26?/m0/s1. The highest BCUT2D eigenvalue weighted by Crippen LogP contribution is 2.34. The summed E-state index contributed by atoms with van der Waals surface area (Å²) in [5, 5.41) is 10.0. The van der Waals surface area contributed by atoms with Gasteiger partial charge in [0, 0.05) is 30.5 Å². The van der Waals surface area contributed by atoms with Crippen molar-refractivity contribution in [3.63, 3.8) is 0 Å². The van der Waals surface area contributed by atoms with Crippen molar-refractivity contribution < 1.29 is 24.1 Å². The summed E-state index contributed by atoms with van der Waals surface area (Å²) in [6.45, 7) is 2.79. The van der Waals surface area contributed by atoms with Crippen molar-refractivity contribution in [3.8, 4) is 28.4 Å². The minimum atomic E-state index is -0.552. The highest BCUT2D eigenvalue weighted by Gasteiger charge is 2.34. The van der Waals surface area contributed by atoms with E-state index < -0.39 is 12.2 Å². The smallest absolute Gasteiger partial charge is 0.268 e. The van der Waals surface area contributed by atoms with E-state index in [1.165, 1.54) is 0 Å². The SMILES string of the molecule is CCSC[C@@H](O)COc1ccc(N2CCC(Oc3ccc(-c4ccccc4)cc3)C2=O)cc1OC. The molecule has 0 spiro atoms. The summed E-state index contributed by atoms with van der Waals surface area (Å²) in [5.74, 6) is 3.21. The number of thioether (sulfide) groups is 1. The molecule has 184 valence electrons. The molecule has 1 aliphatic heterocycles. The quantitative estimate of drug-likeness (QED) is 0.404. The topological polar surface area (TPSA) is 68.2 Å². The van der Waals surface area contributed by atoms with Crippen LogP contribution in [0.1, 0.15) is 13.3 Å². The Labute approximate surface area is 210 Å². The van der Waals surface area contributed by atoms with Gasteiger partial charge in [0.1, 0.15) is 12.4 Å². The zero-order valence-electron chi connectivity index (χ0n) is 20.1. The molecule has 1 N–H and O–H groups in total. The average molecular weight is 494 g/mol. The number of amides is 1. The number of nitrogens with zero attached hydrogens (tertiary/aromatic N) is 1. The van der Waals surface area contributed by atoms with Crippen molar-refractivity contribution in [3.05, 3.63) is 72.8 Å². The van der Waals surface area contributed by atoms with E-state index >= 15 is 0 Å². The molecule has 6 nitrogen and oxygen atoms in total. The number of hydrogen-bond donors (Lipinski definition) is 1. The Morgan fingerprint density at radius 1 is 1.03 bits per heavy atom. The second-order valence-corrected chi connectivity index (χ2v) is 9.55. The Hall–Kier alpha value is -3.16. The Morgan fingerprint density at radius 2 is 1.77 bits per heavy atom. The minimum absolute atomic E-state index is 0.0835. The van der Waals surface area contributed by atoms with Crippen molar-refractivity contribution in [2.24, 2.45) is 0 Å². The van der Waals surface area contributed by atoms with Crippen LogP contribution in [0.4, 0.5) is 5.69 Å². The molecular formula is C28H31NO5S. The van der Waals surface area contributed by atoms with Crippen molar-refractivity contribution in [2.75, 3.05) is 36.7 Å². The van der Waals surface area contributed by atoms with Gasteiger partial charge in [0.2, 0.25) is 0 Å². The summed E-state index contributed by atoms with van der Waals surface area (Å²) >= 11 is 1.66. The number of anilines is 1. The minimum Gasteiger partial charge on any atom is -0.493 e. The third-order valence-corrected chi connectivity index (χ3v) is 6.83. The predicted octanol–water partition coefficient (Wildman–Crippen LogP) is 5.04. The van der Waals surface area contributed by atoms with Crippen LogP contribution in [0.3, 0.4) is 0 Å². The summed E-state index contributed by atoms with van der Waals surface area (Å²) in [5.41, 5.74) is 2.97. The maximum atomic E-state index is 13.1. The predicted molar refractivity (Wildman–Crippen MR) is 141 cm³/mol. The van der Waals surface area contributed by atoms with Gasteiger partial charge in [-0.3, -0.25) is 4.79 Å². The summed E-state index contributed by atoms with van der Waals surface area (Å²) < 4.78 is 17.3. The van der Waals surface area contributed by atoms with Crippen LogP contribution in [0.5, 0.6) is 17.2 Å². The number of methoxy groups -OCH3 is 1. The Morgan fingerprint density at radius 3 is 2.49 bits per heavy atom. The number of ether oxygens (including phenoxy) is 3. The number of aliphatic hydroxyl groups excluding tert-OH is 1. The van der Waals surface area contributed by atoms with Crippen LogP contribution in [0.15, 0.2) is 72.8 Å². The maximum Gasteiger partial charge on any atom is 0.268 e. The number of hydrogen-bond acceptors (Lipinski definition) is 6. The molecule has 3 aromatic carbocycles. The lowest BCUT2D eigenvalue weighted by molar-refractivity contribution is -0.122. The molecule has 0 aliphatic carbocycles. The first kappa shape index (κ1) is 24.9. The normalized spacial score (nSPS) is 16.3. The molecular weight excluding hydrogens is 462 g/mol. The van der Waals surface area contributed by atoms with Crippen molar-refractivity contribution in [1.82, 2.24) is 0 Å². The van der Waals surface area contributed by atoms with Gasteiger partial charge < -0.3 is 24.2 Å². The van der Waals surface area contributed by atoms with E-state index in [1.807, 2.05) is 48.5 Å². The highest BCUT2D eigenvalue weighted by atomic mass is 32.2. The lowest BCUT2D eigenvalue weighted by atomic mass is 10.1. The second-order valence-electron chi connectivity index (χ2n) is 8.23. The second kappa shape index (κ2) is 12.0. The molecule has 0 radical (unpaired) electrons. The molecule has 1 heterocycles. The largest absolute Gasteiger partial charge is 0.493 e. The first-order valence-electron chi connectivity index (χ1n) is 11.8. The number of carbonyl (C=O) groups is 1. The molecule has 0 saturated carbocycles.